The van der Waals surface area contributed by atoms with Crippen LogP contribution in [0.3, 0.4) is 0 Å². The Balaban J connectivity index is 1.25. The molecule has 8 heteroatoms. The summed E-state index contributed by atoms with van der Waals surface area (Å²) in [5.41, 5.74) is 5.48. The zero-order chi connectivity index (χ0) is 30.8. The van der Waals surface area contributed by atoms with Gasteiger partial charge >= 0.3 is 6.03 Å². The van der Waals surface area contributed by atoms with E-state index in [0.29, 0.717) is 35.1 Å². The van der Waals surface area contributed by atoms with E-state index in [2.05, 4.69) is 41.7 Å². The number of aromatic nitrogens is 1. The summed E-state index contributed by atoms with van der Waals surface area (Å²) in [7, 11) is 1.58. The normalized spacial score (nSPS) is 14.3. The Hall–Kier alpha value is -5.37. The fourth-order valence-electron chi connectivity index (χ4n) is 5.35. The van der Waals surface area contributed by atoms with Gasteiger partial charge in [0, 0.05) is 23.6 Å². The molecule has 3 amide bonds. The van der Waals surface area contributed by atoms with Crippen LogP contribution in [0, 0.1) is 0 Å². The molecule has 3 N–H and O–H groups in total. The molecule has 1 aliphatic rings. The zero-order valence-corrected chi connectivity index (χ0v) is 25.1. The number of nitrogens with zero attached hydrogens (tertiary/aromatic N) is 1. The smallest absolute Gasteiger partial charge is 0.323 e. The first-order valence-corrected chi connectivity index (χ1v) is 14.5. The maximum atomic E-state index is 13.2. The highest BCUT2D eigenvalue weighted by molar-refractivity contribution is 6.10. The Kier molecular flexibility index (Phi) is 7.66. The standard InChI is InChI=1S/C36H34N4O4/c1-36(2,3)24-14-17-31(43-4)29(20-24)40-35(42)39-28-16-15-25(26-12-8-9-13-27(26)28)23-19-30-34(37-21-23)44-32(33(41)38-30)18-22-10-6-5-7-11-22/h5-17,19-21,32H,18H2,1-4H3,(H,38,41)(H2,39,40,42). The van der Waals surface area contributed by atoms with E-state index in [-0.39, 0.29) is 17.4 Å². The Morgan fingerprint density at radius 3 is 2.39 bits per heavy atom. The second-order valence-electron chi connectivity index (χ2n) is 11.8. The second-order valence-corrected chi connectivity index (χ2v) is 11.8. The molecule has 4 aromatic carbocycles. The van der Waals surface area contributed by atoms with Crippen molar-refractivity contribution >= 4 is 39.8 Å². The van der Waals surface area contributed by atoms with Crippen LogP contribution in [0.15, 0.2) is 97.2 Å². The molecule has 0 radical (unpaired) electrons. The maximum Gasteiger partial charge on any atom is 0.323 e. The zero-order valence-electron chi connectivity index (χ0n) is 25.1. The van der Waals surface area contributed by atoms with Gasteiger partial charge < -0.3 is 25.4 Å². The highest BCUT2D eigenvalue weighted by Gasteiger charge is 2.29. The lowest BCUT2D eigenvalue weighted by Gasteiger charge is -2.25. The largest absolute Gasteiger partial charge is 0.495 e. The van der Waals surface area contributed by atoms with E-state index >= 15 is 0 Å². The number of carbonyl (C=O) groups excluding carboxylic acids is 2. The fourth-order valence-corrected chi connectivity index (χ4v) is 5.35. The lowest BCUT2D eigenvalue weighted by Crippen LogP contribution is -2.38. The highest BCUT2D eigenvalue weighted by atomic mass is 16.5. The van der Waals surface area contributed by atoms with Crippen LogP contribution in [0.5, 0.6) is 11.6 Å². The van der Waals surface area contributed by atoms with Crippen LogP contribution in [0.1, 0.15) is 31.9 Å². The molecule has 0 bridgehead atoms. The minimum Gasteiger partial charge on any atom is -0.495 e. The third-order valence-electron chi connectivity index (χ3n) is 7.72. The lowest BCUT2D eigenvalue weighted by molar-refractivity contribution is -0.123. The number of urea groups is 1. The Bertz CT molecular complexity index is 1860. The van der Waals surface area contributed by atoms with E-state index in [1.807, 2.05) is 91.0 Å². The molecule has 0 spiro atoms. The highest BCUT2D eigenvalue weighted by Crippen LogP contribution is 2.38. The van der Waals surface area contributed by atoms with Gasteiger partial charge in [-0.3, -0.25) is 4.79 Å². The van der Waals surface area contributed by atoms with Gasteiger partial charge in [0.25, 0.3) is 5.91 Å². The van der Waals surface area contributed by atoms with E-state index in [1.165, 1.54) is 0 Å². The second kappa shape index (κ2) is 11.7. The number of rotatable bonds is 6. The van der Waals surface area contributed by atoms with Gasteiger partial charge in [0.05, 0.1) is 18.5 Å². The van der Waals surface area contributed by atoms with E-state index in [9.17, 15) is 9.59 Å². The summed E-state index contributed by atoms with van der Waals surface area (Å²) in [5, 5.41) is 10.7. The van der Waals surface area contributed by atoms with Crippen LogP contribution in [-0.2, 0) is 16.6 Å². The van der Waals surface area contributed by atoms with Gasteiger partial charge in [0.2, 0.25) is 5.88 Å². The maximum absolute atomic E-state index is 13.2. The number of ether oxygens (including phenoxy) is 2. The number of amides is 3. The Morgan fingerprint density at radius 2 is 1.64 bits per heavy atom. The van der Waals surface area contributed by atoms with Crippen molar-refractivity contribution in [3.05, 3.63) is 108 Å². The number of benzene rings is 4. The van der Waals surface area contributed by atoms with E-state index in [4.69, 9.17) is 9.47 Å². The summed E-state index contributed by atoms with van der Waals surface area (Å²) in [6.07, 6.45) is 1.54. The molecule has 1 unspecified atom stereocenters. The summed E-state index contributed by atoms with van der Waals surface area (Å²) in [6, 6.07) is 28.7. The topological polar surface area (TPSA) is 102 Å². The quantitative estimate of drug-likeness (QED) is 0.189. The van der Waals surface area contributed by atoms with Crippen molar-refractivity contribution in [2.75, 3.05) is 23.1 Å². The van der Waals surface area contributed by atoms with Crippen molar-refractivity contribution in [3.63, 3.8) is 0 Å². The van der Waals surface area contributed by atoms with Crippen molar-refractivity contribution in [2.24, 2.45) is 0 Å². The third-order valence-corrected chi connectivity index (χ3v) is 7.72. The molecule has 0 aliphatic carbocycles. The van der Waals surface area contributed by atoms with Gasteiger partial charge in [0.1, 0.15) is 11.4 Å². The molecule has 44 heavy (non-hydrogen) atoms. The van der Waals surface area contributed by atoms with Crippen LogP contribution in [-0.4, -0.2) is 30.1 Å². The van der Waals surface area contributed by atoms with Crippen molar-refractivity contribution in [3.8, 4) is 22.8 Å². The van der Waals surface area contributed by atoms with Gasteiger partial charge in [-0.2, -0.15) is 0 Å². The van der Waals surface area contributed by atoms with Gasteiger partial charge in [-0.1, -0.05) is 87.5 Å². The molecular formula is C36H34N4O4. The first kappa shape index (κ1) is 28.7. The summed E-state index contributed by atoms with van der Waals surface area (Å²) in [6.45, 7) is 6.36. The van der Waals surface area contributed by atoms with Gasteiger partial charge in [-0.05, 0) is 51.8 Å². The molecule has 0 saturated carbocycles. The van der Waals surface area contributed by atoms with Crippen LogP contribution < -0.4 is 25.4 Å². The number of methoxy groups -OCH3 is 1. The monoisotopic (exact) mass is 586 g/mol. The summed E-state index contributed by atoms with van der Waals surface area (Å²) >= 11 is 0. The molecule has 0 fully saturated rings. The predicted molar refractivity (Wildman–Crippen MR) is 175 cm³/mol. The SMILES string of the molecule is COc1ccc(C(C)(C)C)cc1NC(=O)Nc1ccc(-c2cnc3c(c2)NC(=O)C(Cc2ccccc2)O3)c2ccccc12. The van der Waals surface area contributed by atoms with Gasteiger partial charge in [-0.15, -0.1) is 0 Å². The average molecular weight is 587 g/mol. The molecule has 5 aromatic rings. The molecule has 2 heterocycles. The van der Waals surface area contributed by atoms with Crippen molar-refractivity contribution in [2.45, 2.75) is 38.7 Å². The molecule has 0 saturated heterocycles. The number of hydrogen-bond donors (Lipinski definition) is 3. The third kappa shape index (κ3) is 5.92. The molecular weight excluding hydrogens is 552 g/mol. The van der Waals surface area contributed by atoms with Crippen molar-refractivity contribution < 1.29 is 19.1 Å². The average Bonchev–Trinajstić information content (AvgIpc) is 3.01. The van der Waals surface area contributed by atoms with Gasteiger partial charge in [0.15, 0.2) is 6.10 Å². The number of pyridine rings is 1. The molecule has 1 aliphatic heterocycles. The number of carbonyl (C=O) groups is 2. The molecule has 6 rings (SSSR count). The molecule has 1 atom stereocenters. The minimum absolute atomic E-state index is 0.0877. The number of nitrogens with one attached hydrogen (secondary N) is 3. The Morgan fingerprint density at radius 1 is 0.909 bits per heavy atom. The molecule has 1 aromatic heterocycles. The number of hydrogen-bond acceptors (Lipinski definition) is 5. The van der Waals surface area contributed by atoms with Crippen LogP contribution in [0.2, 0.25) is 0 Å². The molecule has 222 valence electrons. The number of fused-ring (bicyclic) bond motifs is 2. The van der Waals surface area contributed by atoms with E-state index in [0.717, 1.165) is 33.0 Å². The van der Waals surface area contributed by atoms with E-state index in [1.54, 1.807) is 13.3 Å². The van der Waals surface area contributed by atoms with Gasteiger partial charge in [-0.25, -0.2) is 9.78 Å². The lowest BCUT2D eigenvalue weighted by atomic mass is 9.87. The Labute approximate surface area is 256 Å². The number of anilines is 3. The van der Waals surface area contributed by atoms with Crippen LogP contribution in [0.4, 0.5) is 21.9 Å². The summed E-state index contributed by atoms with van der Waals surface area (Å²) < 4.78 is 11.5. The first-order valence-electron chi connectivity index (χ1n) is 14.5. The molecule has 8 nitrogen and oxygen atoms in total. The van der Waals surface area contributed by atoms with Crippen molar-refractivity contribution in [1.29, 1.82) is 0 Å². The fraction of sp³-hybridized carbons (Fsp3) is 0.194. The minimum atomic E-state index is -0.656. The summed E-state index contributed by atoms with van der Waals surface area (Å²) in [5.74, 6) is 0.760. The van der Waals surface area contributed by atoms with Crippen LogP contribution in [0.25, 0.3) is 21.9 Å². The first-order chi connectivity index (χ1) is 21.2. The van der Waals surface area contributed by atoms with Crippen LogP contribution >= 0.6 is 0 Å². The van der Waals surface area contributed by atoms with E-state index < -0.39 is 6.10 Å². The van der Waals surface area contributed by atoms with Crippen molar-refractivity contribution in [1.82, 2.24) is 4.98 Å². The predicted octanol–water partition coefficient (Wildman–Crippen LogP) is 7.79. The summed E-state index contributed by atoms with van der Waals surface area (Å²) in [4.78, 5) is 30.6.